The van der Waals surface area contributed by atoms with Crippen molar-refractivity contribution in [2.75, 3.05) is 20.7 Å². The van der Waals surface area contributed by atoms with Crippen molar-refractivity contribution in [1.82, 2.24) is 5.32 Å². The molecule has 2 rings (SSSR count). The summed E-state index contributed by atoms with van der Waals surface area (Å²) < 4.78 is 11.7. The van der Waals surface area contributed by atoms with Gasteiger partial charge in [0.15, 0.2) is 6.10 Å². The van der Waals surface area contributed by atoms with Crippen LogP contribution in [0.1, 0.15) is 11.7 Å². The van der Waals surface area contributed by atoms with Crippen molar-refractivity contribution in [2.24, 2.45) is 0 Å². The van der Waals surface area contributed by atoms with E-state index in [0.29, 0.717) is 11.6 Å². The predicted molar refractivity (Wildman–Crippen MR) is 86.0 cm³/mol. The van der Waals surface area contributed by atoms with Gasteiger partial charge in [-0.25, -0.2) is 0 Å². The number of hydrogen-bond acceptors (Lipinski definition) is 3. The fourth-order valence-corrected chi connectivity index (χ4v) is 2.30. The van der Waals surface area contributed by atoms with Crippen LogP contribution in [0.3, 0.4) is 0 Å². The largest absolute Gasteiger partial charge is 0.483 e. The van der Waals surface area contributed by atoms with Crippen LogP contribution < -0.4 is 10.1 Å². The molecule has 21 heavy (non-hydrogen) atoms. The third kappa shape index (κ3) is 4.46. The van der Waals surface area contributed by atoms with Gasteiger partial charge in [0.1, 0.15) is 11.9 Å². The molecule has 0 aliphatic rings. The third-order valence-corrected chi connectivity index (χ3v) is 3.50. The Bertz CT molecular complexity index is 530. The van der Waals surface area contributed by atoms with Gasteiger partial charge in [0, 0.05) is 18.7 Å². The van der Waals surface area contributed by atoms with Crippen LogP contribution in [0.15, 0.2) is 54.6 Å². The van der Waals surface area contributed by atoms with Crippen molar-refractivity contribution >= 4 is 11.6 Å². The summed E-state index contributed by atoms with van der Waals surface area (Å²) in [6, 6.07) is 17.4. The Morgan fingerprint density at radius 1 is 1.05 bits per heavy atom. The zero-order valence-electron chi connectivity index (χ0n) is 12.3. The average Bonchev–Trinajstić information content (AvgIpc) is 2.53. The van der Waals surface area contributed by atoms with Gasteiger partial charge in [-0.1, -0.05) is 41.9 Å². The van der Waals surface area contributed by atoms with Crippen molar-refractivity contribution in [3.63, 3.8) is 0 Å². The first-order valence-corrected chi connectivity index (χ1v) is 7.27. The maximum absolute atomic E-state index is 6.14. The molecule has 2 atom stereocenters. The molecule has 2 unspecified atom stereocenters. The van der Waals surface area contributed by atoms with Crippen LogP contribution in [0.2, 0.25) is 5.02 Å². The van der Waals surface area contributed by atoms with Gasteiger partial charge in [-0.3, -0.25) is 0 Å². The molecule has 2 aromatic rings. The number of rotatable bonds is 7. The molecule has 2 aromatic carbocycles. The molecule has 0 spiro atoms. The molecule has 0 aromatic heterocycles. The van der Waals surface area contributed by atoms with Crippen molar-refractivity contribution in [3.8, 4) is 5.75 Å². The normalized spacial score (nSPS) is 13.7. The molecule has 0 radical (unpaired) electrons. The van der Waals surface area contributed by atoms with E-state index in [1.807, 2.05) is 61.6 Å². The van der Waals surface area contributed by atoms with E-state index in [4.69, 9.17) is 21.1 Å². The van der Waals surface area contributed by atoms with Gasteiger partial charge in [0.2, 0.25) is 0 Å². The Morgan fingerprint density at radius 3 is 2.29 bits per heavy atom. The second-order valence-electron chi connectivity index (χ2n) is 4.73. The molecule has 0 amide bonds. The van der Waals surface area contributed by atoms with Crippen LogP contribution in [0.5, 0.6) is 5.75 Å². The summed E-state index contributed by atoms with van der Waals surface area (Å²) >= 11 is 5.97. The minimum Gasteiger partial charge on any atom is -0.483 e. The first kappa shape index (κ1) is 15.8. The lowest BCUT2D eigenvalue weighted by atomic mass is 10.0. The highest BCUT2D eigenvalue weighted by atomic mass is 35.5. The van der Waals surface area contributed by atoms with E-state index in [9.17, 15) is 0 Å². The van der Waals surface area contributed by atoms with Crippen LogP contribution in [-0.4, -0.2) is 26.8 Å². The van der Waals surface area contributed by atoms with Crippen LogP contribution in [0.25, 0.3) is 0 Å². The van der Waals surface area contributed by atoms with Crippen LogP contribution in [0.4, 0.5) is 0 Å². The molecule has 0 bridgehead atoms. The Morgan fingerprint density at radius 2 is 1.71 bits per heavy atom. The minimum atomic E-state index is -0.206. The summed E-state index contributed by atoms with van der Waals surface area (Å²) in [4.78, 5) is 0. The molecule has 112 valence electrons. The number of benzene rings is 2. The quantitative estimate of drug-likeness (QED) is 0.846. The topological polar surface area (TPSA) is 30.5 Å². The molecule has 0 fully saturated rings. The van der Waals surface area contributed by atoms with Crippen molar-refractivity contribution in [3.05, 3.63) is 65.2 Å². The van der Waals surface area contributed by atoms with E-state index >= 15 is 0 Å². The highest BCUT2D eigenvalue weighted by Gasteiger charge is 2.24. The minimum absolute atomic E-state index is 0.101. The second kappa shape index (κ2) is 8.03. The zero-order chi connectivity index (χ0) is 15.1. The summed E-state index contributed by atoms with van der Waals surface area (Å²) in [7, 11) is 3.59. The molecule has 4 heteroatoms. The van der Waals surface area contributed by atoms with Crippen LogP contribution in [-0.2, 0) is 4.74 Å². The lowest BCUT2D eigenvalue weighted by molar-refractivity contribution is 0.00259. The molecule has 3 nitrogen and oxygen atoms in total. The lowest BCUT2D eigenvalue weighted by Crippen LogP contribution is -2.34. The fraction of sp³-hybridized carbons (Fsp3) is 0.294. The van der Waals surface area contributed by atoms with Gasteiger partial charge >= 0.3 is 0 Å². The van der Waals surface area contributed by atoms with Crippen LogP contribution in [0, 0.1) is 0 Å². The SMILES string of the molecule is CNCC(OC)C(Oc1ccccc1)c1ccc(Cl)cc1. The summed E-state index contributed by atoms with van der Waals surface area (Å²) in [5, 5.41) is 3.84. The Labute approximate surface area is 130 Å². The van der Waals surface area contributed by atoms with E-state index < -0.39 is 0 Å². The highest BCUT2D eigenvalue weighted by molar-refractivity contribution is 6.30. The number of halogens is 1. The van der Waals surface area contributed by atoms with E-state index in [2.05, 4.69) is 5.32 Å². The molecule has 0 aliphatic heterocycles. The molecule has 1 N–H and O–H groups in total. The predicted octanol–water partition coefficient (Wildman–Crippen LogP) is 3.69. The fourth-order valence-electron chi connectivity index (χ4n) is 2.17. The van der Waals surface area contributed by atoms with E-state index in [-0.39, 0.29) is 12.2 Å². The van der Waals surface area contributed by atoms with E-state index in [0.717, 1.165) is 11.3 Å². The van der Waals surface area contributed by atoms with Crippen LogP contribution >= 0.6 is 11.6 Å². The third-order valence-electron chi connectivity index (χ3n) is 3.25. The second-order valence-corrected chi connectivity index (χ2v) is 5.17. The maximum Gasteiger partial charge on any atom is 0.151 e. The van der Waals surface area contributed by atoms with Gasteiger partial charge in [-0.15, -0.1) is 0 Å². The molecule has 0 saturated carbocycles. The Hall–Kier alpha value is -1.55. The average molecular weight is 306 g/mol. The smallest absolute Gasteiger partial charge is 0.151 e. The number of ether oxygens (including phenoxy) is 2. The van der Waals surface area contributed by atoms with Crippen molar-refractivity contribution in [1.29, 1.82) is 0 Å². The van der Waals surface area contributed by atoms with Crippen molar-refractivity contribution in [2.45, 2.75) is 12.2 Å². The molecule has 0 saturated heterocycles. The Kier molecular flexibility index (Phi) is 6.05. The maximum atomic E-state index is 6.14. The van der Waals surface area contributed by atoms with Gasteiger partial charge in [0.05, 0.1) is 0 Å². The van der Waals surface area contributed by atoms with Gasteiger partial charge in [0.25, 0.3) is 0 Å². The van der Waals surface area contributed by atoms with E-state index in [1.54, 1.807) is 7.11 Å². The Balaban J connectivity index is 2.26. The molecule has 0 heterocycles. The summed E-state index contributed by atoms with van der Waals surface area (Å²) in [6.45, 7) is 0.691. The van der Waals surface area contributed by atoms with Gasteiger partial charge < -0.3 is 14.8 Å². The molecule has 0 aliphatic carbocycles. The number of likely N-dealkylation sites (N-methyl/N-ethyl adjacent to an activating group) is 1. The first-order valence-electron chi connectivity index (χ1n) is 6.89. The highest BCUT2D eigenvalue weighted by Crippen LogP contribution is 2.27. The summed E-state index contributed by atoms with van der Waals surface area (Å²) in [6.07, 6.45) is -0.307. The first-order chi connectivity index (χ1) is 10.2. The number of methoxy groups -OCH3 is 1. The summed E-state index contributed by atoms with van der Waals surface area (Å²) in [5.41, 5.74) is 1.03. The van der Waals surface area contributed by atoms with Crippen molar-refractivity contribution < 1.29 is 9.47 Å². The molecular weight excluding hydrogens is 286 g/mol. The van der Waals surface area contributed by atoms with Gasteiger partial charge in [-0.2, -0.15) is 0 Å². The lowest BCUT2D eigenvalue weighted by Gasteiger charge is -2.27. The monoisotopic (exact) mass is 305 g/mol. The number of nitrogens with one attached hydrogen (secondary N) is 1. The zero-order valence-corrected chi connectivity index (χ0v) is 13.0. The number of para-hydroxylation sites is 1. The standard InChI is InChI=1S/C17H20ClNO2/c1-19-12-16(20-2)17(13-8-10-14(18)11-9-13)21-15-6-4-3-5-7-15/h3-11,16-17,19H,12H2,1-2H3. The van der Waals surface area contributed by atoms with E-state index in [1.165, 1.54) is 0 Å². The van der Waals surface area contributed by atoms with Gasteiger partial charge in [-0.05, 0) is 36.9 Å². The molecular formula is C17H20ClNO2. The summed E-state index contributed by atoms with van der Waals surface area (Å²) in [5.74, 6) is 0.815. The number of hydrogen-bond donors (Lipinski definition) is 1.